The average molecular weight is 349 g/mol. The molecule has 1 heterocycles. The average Bonchev–Trinajstić information content (AvgIpc) is 2.76. The molecule has 0 unspecified atom stereocenters. The standard InChI is InChI=1S/C16H16FN3O3S/c1-19-14-8-4-5-9-15(14)20(24(19,22)23)11-10-18-16(21)12-6-2-3-7-13(12)17/h2-9H,10-11H2,1H3,(H,18,21). The number of hydrogen-bond donors (Lipinski definition) is 1. The Balaban J connectivity index is 1.71. The van der Waals surface area contributed by atoms with E-state index in [1.807, 2.05) is 0 Å². The maximum absolute atomic E-state index is 13.6. The monoisotopic (exact) mass is 349 g/mol. The molecule has 1 aliphatic heterocycles. The number of carbonyl (C=O) groups excluding carboxylic acids is 1. The molecule has 0 saturated carbocycles. The number of halogens is 1. The van der Waals surface area contributed by atoms with Crippen LogP contribution in [0.15, 0.2) is 48.5 Å². The highest BCUT2D eigenvalue weighted by Gasteiger charge is 2.37. The van der Waals surface area contributed by atoms with Gasteiger partial charge >= 0.3 is 10.2 Å². The van der Waals surface area contributed by atoms with E-state index in [0.717, 1.165) is 0 Å². The van der Waals surface area contributed by atoms with Crippen molar-refractivity contribution >= 4 is 27.5 Å². The lowest BCUT2D eigenvalue weighted by atomic mass is 10.2. The van der Waals surface area contributed by atoms with E-state index in [9.17, 15) is 17.6 Å². The summed E-state index contributed by atoms with van der Waals surface area (Å²) in [5.41, 5.74) is 1.07. The van der Waals surface area contributed by atoms with Crippen molar-refractivity contribution in [2.75, 3.05) is 28.7 Å². The summed E-state index contributed by atoms with van der Waals surface area (Å²) < 4.78 is 40.8. The number of anilines is 2. The van der Waals surface area contributed by atoms with Crippen molar-refractivity contribution in [3.63, 3.8) is 0 Å². The molecule has 0 saturated heterocycles. The van der Waals surface area contributed by atoms with Crippen LogP contribution in [-0.4, -0.2) is 34.5 Å². The van der Waals surface area contributed by atoms with Crippen LogP contribution in [0.1, 0.15) is 10.4 Å². The van der Waals surface area contributed by atoms with Gasteiger partial charge in [-0.15, -0.1) is 0 Å². The fourth-order valence-corrected chi connectivity index (χ4v) is 4.01. The van der Waals surface area contributed by atoms with Crippen molar-refractivity contribution < 1.29 is 17.6 Å². The van der Waals surface area contributed by atoms with Crippen molar-refractivity contribution in [3.05, 3.63) is 59.9 Å². The summed E-state index contributed by atoms with van der Waals surface area (Å²) in [6.07, 6.45) is 0. The van der Waals surface area contributed by atoms with Crippen LogP contribution in [0.2, 0.25) is 0 Å². The topological polar surface area (TPSA) is 69.7 Å². The van der Waals surface area contributed by atoms with Crippen LogP contribution < -0.4 is 13.9 Å². The molecule has 1 N–H and O–H groups in total. The Morgan fingerprint density at radius 1 is 1.08 bits per heavy atom. The highest BCUT2D eigenvalue weighted by molar-refractivity contribution is 7.94. The van der Waals surface area contributed by atoms with Crippen LogP contribution in [0, 0.1) is 5.82 Å². The van der Waals surface area contributed by atoms with Gasteiger partial charge in [0.05, 0.1) is 23.5 Å². The Morgan fingerprint density at radius 3 is 2.42 bits per heavy atom. The smallest absolute Gasteiger partial charge is 0.326 e. The molecule has 0 radical (unpaired) electrons. The molecule has 0 fully saturated rings. The molecule has 24 heavy (non-hydrogen) atoms. The van der Waals surface area contributed by atoms with Crippen molar-refractivity contribution in [1.82, 2.24) is 5.32 Å². The van der Waals surface area contributed by atoms with E-state index in [1.165, 1.54) is 33.9 Å². The molecule has 0 spiro atoms. The number of amides is 1. The zero-order valence-corrected chi connectivity index (χ0v) is 13.8. The lowest BCUT2D eigenvalue weighted by molar-refractivity contribution is 0.0951. The van der Waals surface area contributed by atoms with E-state index >= 15 is 0 Å². The number of nitrogens with one attached hydrogen (secondary N) is 1. The molecule has 126 valence electrons. The number of fused-ring (bicyclic) bond motifs is 1. The van der Waals surface area contributed by atoms with Crippen LogP contribution >= 0.6 is 0 Å². The van der Waals surface area contributed by atoms with E-state index in [1.54, 1.807) is 30.3 Å². The predicted molar refractivity (Wildman–Crippen MR) is 89.8 cm³/mol. The number of hydrogen-bond acceptors (Lipinski definition) is 3. The summed E-state index contributed by atoms with van der Waals surface area (Å²) >= 11 is 0. The molecule has 2 aromatic carbocycles. The zero-order chi connectivity index (χ0) is 17.3. The third-order valence-electron chi connectivity index (χ3n) is 3.83. The molecule has 0 atom stereocenters. The Hall–Kier alpha value is -2.61. The van der Waals surface area contributed by atoms with Crippen LogP contribution in [0.5, 0.6) is 0 Å². The summed E-state index contributed by atoms with van der Waals surface area (Å²) in [5, 5.41) is 2.55. The lowest BCUT2D eigenvalue weighted by Crippen LogP contribution is -2.40. The second-order valence-electron chi connectivity index (χ2n) is 5.27. The van der Waals surface area contributed by atoms with E-state index in [-0.39, 0.29) is 18.7 Å². The van der Waals surface area contributed by atoms with Crippen molar-refractivity contribution in [2.24, 2.45) is 0 Å². The minimum Gasteiger partial charge on any atom is -0.350 e. The molecular weight excluding hydrogens is 333 g/mol. The Kier molecular flexibility index (Phi) is 4.15. The lowest BCUT2D eigenvalue weighted by Gasteiger charge is -2.19. The number of nitrogens with zero attached hydrogens (tertiary/aromatic N) is 2. The summed E-state index contributed by atoms with van der Waals surface area (Å²) in [6, 6.07) is 12.6. The fourth-order valence-electron chi connectivity index (χ4n) is 2.59. The van der Waals surface area contributed by atoms with Crippen molar-refractivity contribution in [2.45, 2.75) is 0 Å². The van der Waals surface area contributed by atoms with Gasteiger partial charge in [-0.05, 0) is 24.3 Å². The third kappa shape index (κ3) is 2.69. The van der Waals surface area contributed by atoms with Gasteiger partial charge in [-0.25, -0.2) is 8.70 Å². The molecule has 8 heteroatoms. The second-order valence-corrected chi connectivity index (χ2v) is 7.16. The van der Waals surface area contributed by atoms with E-state index < -0.39 is 21.9 Å². The molecule has 3 rings (SSSR count). The Bertz CT molecular complexity index is 886. The highest BCUT2D eigenvalue weighted by atomic mass is 32.2. The summed E-state index contributed by atoms with van der Waals surface area (Å²) in [6.45, 7) is 0.123. The summed E-state index contributed by atoms with van der Waals surface area (Å²) in [5.74, 6) is -1.19. The quantitative estimate of drug-likeness (QED) is 0.914. The first-order valence-electron chi connectivity index (χ1n) is 7.31. The van der Waals surface area contributed by atoms with Gasteiger partial charge in [0, 0.05) is 13.6 Å². The van der Waals surface area contributed by atoms with Gasteiger partial charge in [-0.2, -0.15) is 8.42 Å². The minimum atomic E-state index is -3.65. The van der Waals surface area contributed by atoms with Crippen molar-refractivity contribution in [1.29, 1.82) is 0 Å². The van der Waals surface area contributed by atoms with Gasteiger partial charge in [0.2, 0.25) is 0 Å². The normalized spacial score (nSPS) is 15.2. The van der Waals surface area contributed by atoms with Crippen LogP contribution in [0.3, 0.4) is 0 Å². The molecule has 1 aliphatic rings. The first-order valence-corrected chi connectivity index (χ1v) is 8.71. The SMILES string of the molecule is CN1c2ccccc2N(CCNC(=O)c2ccccc2F)S1(=O)=O. The number of benzene rings is 2. The Morgan fingerprint density at radius 2 is 1.71 bits per heavy atom. The van der Waals surface area contributed by atoms with Gasteiger partial charge in [-0.1, -0.05) is 24.3 Å². The number of rotatable bonds is 4. The first kappa shape index (κ1) is 16.3. The molecule has 2 aromatic rings. The van der Waals surface area contributed by atoms with Crippen LogP contribution in [0.4, 0.5) is 15.8 Å². The molecule has 0 bridgehead atoms. The second kappa shape index (κ2) is 6.12. The van der Waals surface area contributed by atoms with Crippen LogP contribution in [0.25, 0.3) is 0 Å². The van der Waals surface area contributed by atoms with Gasteiger partial charge in [-0.3, -0.25) is 9.10 Å². The largest absolute Gasteiger partial charge is 0.350 e. The van der Waals surface area contributed by atoms with Gasteiger partial charge in [0.25, 0.3) is 5.91 Å². The molecular formula is C16H16FN3O3S. The molecule has 0 aliphatic carbocycles. The van der Waals surface area contributed by atoms with Crippen molar-refractivity contribution in [3.8, 4) is 0 Å². The first-order chi connectivity index (χ1) is 11.4. The van der Waals surface area contributed by atoms with Gasteiger partial charge in [0.1, 0.15) is 5.82 Å². The third-order valence-corrected chi connectivity index (χ3v) is 5.66. The minimum absolute atomic E-state index is 0.0594. The molecule has 6 nitrogen and oxygen atoms in total. The number of para-hydroxylation sites is 2. The fraction of sp³-hybridized carbons (Fsp3) is 0.188. The van der Waals surface area contributed by atoms with Gasteiger partial charge < -0.3 is 5.32 Å². The highest BCUT2D eigenvalue weighted by Crippen LogP contribution is 2.38. The zero-order valence-electron chi connectivity index (χ0n) is 12.9. The van der Waals surface area contributed by atoms with E-state index in [2.05, 4.69) is 5.32 Å². The van der Waals surface area contributed by atoms with Gasteiger partial charge in [0.15, 0.2) is 0 Å². The molecule has 0 aromatic heterocycles. The number of carbonyl (C=O) groups is 1. The van der Waals surface area contributed by atoms with E-state index in [0.29, 0.717) is 11.4 Å². The maximum atomic E-state index is 13.6. The Labute approximate surface area is 139 Å². The summed E-state index contributed by atoms with van der Waals surface area (Å²) in [7, 11) is -2.18. The summed E-state index contributed by atoms with van der Waals surface area (Å²) in [4.78, 5) is 12.0. The van der Waals surface area contributed by atoms with E-state index in [4.69, 9.17) is 0 Å². The maximum Gasteiger partial charge on any atom is 0.326 e. The molecule has 1 amide bonds. The predicted octanol–water partition coefficient (Wildman–Crippen LogP) is 1.76. The van der Waals surface area contributed by atoms with Crippen LogP contribution in [-0.2, 0) is 10.2 Å².